The fourth-order valence-corrected chi connectivity index (χ4v) is 4.41. The summed E-state index contributed by atoms with van der Waals surface area (Å²) in [6.45, 7) is 1.88. The number of aliphatic imine (C=N–C) groups is 1. The van der Waals surface area contributed by atoms with Gasteiger partial charge in [-0.1, -0.05) is 42.5 Å². The summed E-state index contributed by atoms with van der Waals surface area (Å²) in [5.41, 5.74) is 3.44. The predicted octanol–water partition coefficient (Wildman–Crippen LogP) is 4.19. The smallest absolute Gasteiger partial charge is 0.254 e. The van der Waals surface area contributed by atoms with Crippen molar-refractivity contribution in [1.82, 2.24) is 9.88 Å². The molecule has 6 nitrogen and oxygen atoms in total. The summed E-state index contributed by atoms with van der Waals surface area (Å²) in [6, 6.07) is 22.0. The number of nitrogens with one attached hydrogen (secondary N) is 2. The molecule has 0 bridgehead atoms. The van der Waals surface area contributed by atoms with Gasteiger partial charge >= 0.3 is 0 Å². The molecule has 2 aliphatic heterocycles. The van der Waals surface area contributed by atoms with Gasteiger partial charge in [0.1, 0.15) is 11.4 Å². The number of amides is 1. The fraction of sp³-hybridized carbons (Fsp3) is 0.240. The van der Waals surface area contributed by atoms with E-state index in [-0.39, 0.29) is 5.91 Å². The number of carbonyl (C=O) groups excluding carboxylic acids is 1. The van der Waals surface area contributed by atoms with Crippen molar-refractivity contribution >= 4 is 23.1 Å². The monoisotopic (exact) mass is 411 g/mol. The first-order valence-corrected chi connectivity index (χ1v) is 10.7. The molecule has 3 aromatic rings. The summed E-state index contributed by atoms with van der Waals surface area (Å²) < 4.78 is 0. The Kier molecular flexibility index (Phi) is 5.12. The highest BCUT2D eigenvalue weighted by molar-refractivity contribution is 6.10. The van der Waals surface area contributed by atoms with Gasteiger partial charge in [-0.15, -0.1) is 0 Å². The molecule has 2 aliphatic rings. The Hall–Kier alpha value is -3.67. The first-order valence-electron chi connectivity index (χ1n) is 10.7. The number of pyridine rings is 1. The van der Waals surface area contributed by atoms with Crippen LogP contribution in [0.15, 0.2) is 84.1 Å². The van der Waals surface area contributed by atoms with Crippen molar-refractivity contribution in [2.24, 2.45) is 4.99 Å². The maximum absolute atomic E-state index is 13.2. The van der Waals surface area contributed by atoms with Crippen molar-refractivity contribution in [2.45, 2.75) is 24.9 Å². The van der Waals surface area contributed by atoms with E-state index in [4.69, 9.17) is 4.99 Å². The molecule has 0 unspecified atom stereocenters. The van der Waals surface area contributed by atoms with Crippen LogP contribution in [0.5, 0.6) is 0 Å². The van der Waals surface area contributed by atoms with Gasteiger partial charge in [-0.25, -0.2) is 0 Å². The van der Waals surface area contributed by atoms with E-state index < -0.39 is 5.54 Å². The number of hydrogen-bond acceptors (Lipinski definition) is 4. The molecule has 5 rings (SSSR count). The lowest BCUT2D eigenvalue weighted by atomic mass is 9.84. The minimum absolute atomic E-state index is 0.0320. The predicted molar refractivity (Wildman–Crippen MR) is 123 cm³/mol. The van der Waals surface area contributed by atoms with E-state index in [2.05, 4.69) is 39.9 Å². The first kappa shape index (κ1) is 19.3. The minimum atomic E-state index is -0.440. The van der Waals surface area contributed by atoms with Crippen LogP contribution in [0, 0.1) is 0 Å². The second kappa shape index (κ2) is 8.22. The molecule has 0 aliphatic carbocycles. The average Bonchev–Trinajstić information content (AvgIpc) is 2.83. The van der Waals surface area contributed by atoms with Gasteiger partial charge in [-0.05, 0) is 42.7 Å². The van der Waals surface area contributed by atoms with Gasteiger partial charge < -0.3 is 15.5 Å². The lowest BCUT2D eigenvalue weighted by Gasteiger charge is -2.47. The summed E-state index contributed by atoms with van der Waals surface area (Å²) in [6.07, 6.45) is 5.13. The fourth-order valence-electron chi connectivity index (χ4n) is 4.41. The lowest BCUT2D eigenvalue weighted by molar-refractivity contribution is 0.0694. The summed E-state index contributed by atoms with van der Waals surface area (Å²) in [5.74, 6) is 0.923. The van der Waals surface area contributed by atoms with Gasteiger partial charge in [0, 0.05) is 24.5 Å². The zero-order valence-corrected chi connectivity index (χ0v) is 17.3. The van der Waals surface area contributed by atoms with Gasteiger partial charge in [0.15, 0.2) is 0 Å². The van der Waals surface area contributed by atoms with Crippen LogP contribution in [0.25, 0.3) is 0 Å². The van der Waals surface area contributed by atoms with Crippen LogP contribution in [0.2, 0.25) is 0 Å². The molecule has 1 amide bonds. The number of likely N-dealkylation sites (tertiary alicyclic amines) is 1. The quantitative estimate of drug-likeness (QED) is 0.678. The highest BCUT2D eigenvalue weighted by atomic mass is 16.2. The molecule has 1 atom stereocenters. The number of carbonyl (C=O) groups is 1. The summed E-state index contributed by atoms with van der Waals surface area (Å²) in [5, 5.41) is 7.30. The Morgan fingerprint density at radius 3 is 2.55 bits per heavy atom. The van der Waals surface area contributed by atoms with E-state index in [1.807, 2.05) is 35.2 Å². The Balaban J connectivity index is 1.48. The van der Waals surface area contributed by atoms with Crippen molar-refractivity contribution in [2.75, 3.05) is 23.7 Å². The normalized spacial score (nSPS) is 21.3. The average molecular weight is 412 g/mol. The maximum atomic E-state index is 13.2. The van der Waals surface area contributed by atoms with Crippen molar-refractivity contribution in [3.8, 4) is 0 Å². The van der Waals surface area contributed by atoms with E-state index in [0.717, 1.165) is 42.2 Å². The van der Waals surface area contributed by atoms with E-state index in [1.54, 1.807) is 24.5 Å². The second-order valence-corrected chi connectivity index (χ2v) is 8.09. The first-order chi connectivity index (χ1) is 15.2. The highest BCUT2D eigenvalue weighted by Gasteiger charge is 2.44. The third-order valence-electron chi connectivity index (χ3n) is 5.98. The van der Waals surface area contributed by atoms with Crippen molar-refractivity contribution in [3.05, 3.63) is 90.3 Å². The molecule has 1 fully saturated rings. The molecule has 0 radical (unpaired) electrons. The summed E-state index contributed by atoms with van der Waals surface area (Å²) in [7, 11) is 0. The van der Waals surface area contributed by atoms with Crippen LogP contribution in [0.4, 0.5) is 11.4 Å². The molecule has 2 N–H and O–H groups in total. The van der Waals surface area contributed by atoms with Gasteiger partial charge in [0.05, 0.1) is 24.5 Å². The lowest BCUT2D eigenvalue weighted by Crippen LogP contribution is -2.62. The molecule has 1 aromatic heterocycles. The van der Waals surface area contributed by atoms with Crippen LogP contribution >= 0.6 is 0 Å². The molecule has 1 spiro atoms. The van der Waals surface area contributed by atoms with Crippen molar-refractivity contribution < 1.29 is 4.79 Å². The van der Waals surface area contributed by atoms with Gasteiger partial charge in [-0.3, -0.25) is 14.8 Å². The van der Waals surface area contributed by atoms with Gasteiger partial charge in [0.2, 0.25) is 0 Å². The highest BCUT2D eigenvalue weighted by Crippen LogP contribution is 2.36. The third-order valence-corrected chi connectivity index (χ3v) is 5.98. The van der Waals surface area contributed by atoms with Crippen LogP contribution < -0.4 is 10.6 Å². The van der Waals surface area contributed by atoms with E-state index >= 15 is 0 Å². The van der Waals surface area contributed by atoms with E-state index in [1.165, 1.54) is 0 Å². The van der Waals surface area contributed by atoms with Crippen LogP contribution in [-0.4, -0.2) is 40.3 Å². The van der Waals surface area contributed by atoms with Crippen LogP contribution in [0.3, 0.4) is 0 Å². The van der Waals surface area contributed by atoms with Crippen LogP contribution in [0.1, 0.15) is 28.8 Å². The van der Waals surface area contributed by atoms with Crippen molar-refractivity contribution in [3.63, 3.8) is 0 Å². The number of hydrogen-bond donors (Lipinski definition) is 2. The standard InChI is InChI=1S/C25H25N5O/c31-23(20-11-14-26-15-12-20)30-16-6-13-25(18-30)24(27-17-19-7-2-1-3-8-19)28-21-9-4-5-10-22(21)29-25/h1-5,7-12,14-15,29H,6,13,16-18H2,(H,27,28)/t25-/m0/s1. The molecule has 0 saturated carbocycles. The third kappa shape index (κ3) is 3.89. The summed E-state index contributed by atoms with van der Waals surface area (Å²) in [4.78, 5) is 24.1. The molecular formula is C25H25N5O. The Morgan fingerprint density at radius 1 is 1.00 bits per heavy atom. The van der Waals surface area contributed by atoms with Crippen LogP contribution in [-0.2, 0) is 6.54 Å². The zero-order chi connectivity index (χ0) is 21.1. The Bertz CT molecular complexity index is 1100. The number of fused-ring (bicyclic) bond motifs is 1. The zero-order valence-electron chi connectivity index (χ0n) is 17.3. The number of amidine groups is 1. The number of rotatable bonds is 3. The van der Waals surface area contributed by atoms with Gasteiger partial charge in [0.25, 0.3) is 5.91 Å². The minimum Gasteiger partial charge on any atom is -0.370 e. The Morgan fingerprint density at radius 2 is 1.74 bits per heavy atom. The Labute approximate surface area is 182 Å². The van der Waals surface area contributed by atoms with Gasteiger partial charge in [-0.2, -0.15) is 0 Å². The SMILES string of the molecule is O=C(c1ccncc1)N1CCC[C@@]2(C1)Nc1ccccc1NC2=NCc1ccccc1. The number of anilines is 2. The molecular weight excluding hydrogens is 386 g/mol. The number of aromatic nitrogens is 1. The maximum Gasteiger partial charge on any atom is 0.254 e. The largest absolute Gasteiger partial charge is 0.370 e. The molecule has 1 saturated heterocycles. The number of benzene rings is 2. The molecule has 31 heavy (non-hydrogen) atoms. The molecule has 3 heterocycles. The topological polar surface area (TPSA) is 69.6 Å². The molecule has 2 aromatic carbocycles. The molecule has 6 heteroatoms. The van der Waals surface area contributed by atoms with E-state index in [0.29, 0.717) is 18.7 Å². The molecule has 156 valence electrons. The summed E-state index contributed by atoms with van der Waals surface area (Å²) >= 11 is 0. The van der Waals surface area contributed by atoms with Crippen molar-refractivity contribution in [1.29, 1.82) is 0 Å². The number of para-hydroxylation sites is 2. The number of piperidine rings is 1. The number of nitrogens with zero attached hydrogens (tertiary/aromatic N) is 3. The van der Waals surface area contributed by atoms with E-state index in [9.17, 15) is 4.79 Å². The second-order valence-electron chi connectivity index (χ2n) is 8.09.